The minimum atomic E-state index is -3.99. The van der Waals surface area contributed by atoms with Gasteiger partial charge in [-0.3, -0.25) is 0 Å². The lowest BCUT2D eigenvalue weighted by atomic mass is 10.2. The van der Waals surface area contributed by atoms with Gasteiger partial charge in [0.05, 0.1) is 10.5 Å². The van der Waals surface area contributed by atoms with Crippen molar-refractivity contribution in [3.8, 4) is 6.07 Å². The van der Waals surface area contributed by atoms with E-state index < -0.39 is 15.8 Å². The Hall–Kier alpha value is -2.53. The quantitative estimate of drug-likeness (QED) is 0.934. The van der Waals surface area contributed by atoms with Crippen LogP contribution in [0, 0.1) is 31.0 Å². The summed E-state index contributed by atoms with van der Waals surface area (Å²) in [6.45, 7) is 3.41. The van der Waals surface area contributed by atoms with E-state index in [-0.39, 0.29) is 16.4 Å². The summed E-state index contributed by atoms with van der Waals surface area (Å²) in [6, 6.07) is 6.24. The Kier molecular flexibility index (Phi) is 3.86. The molecule has 2 rings (SSSR count). The van der Waals surface area contributed by atoms with Gasteiger partial charge in [0.1, 0.15) is 11.9 Å². The number of nitrogens with one attached hydrogen (secondary N) is 1. The van der Waals surface area contributed by atoms with Crippen molar-refractivity contribution in [2.75, 3.05) is 4.72 Å². The lowest BCUT2D eigenvalue weighted by molar-refractivity contribution is 0.599. The highest BCUT2D eigenvalue weighted by Crippen LogP contribution is 2.17. The predicted molar refractivity (Wildman–Crippen MR) is 73.4 cm³/mol. The molecule has 0 atom stereocenters. The lowest BCUT2D eigenvalue weighted by Crippen LogP contribution is -2.16. The van der Waals surface area contributed by atoms with Crippen molar-refractivity contribution in [1.29, 1.82) is 5.26 Å². The molecule has 0 fully saturated rings. The highest BCUT2D eigenvalue weighted by Gasteiger charge is 2.18. The average molecular weight is 306 g/mol. The van der Waals surface area contributed by atoms with Crippen LogP contribution in [0.2, 0.25) is 0 Å². The third-order valence-electron chi connectivity index (χ3n) is 2.58. The van der Waals surface area contributed by atoms with E-state index in [9.17, 15) is 12.8 Å². The maximum Gasteiger partial charge on any atom is 0.264 e. The van der Waals surface area contributed by atoms with Crippen molar-refractivity contribution in [3.63, 3.8) is 0 Å². The molecule has 0 saturated carbocycles. The van der Waals surface area contributed by atoms with E-state index in [1.807, 2.05) is 0 Å². The molecule has 1 aromatic heterocycles. The van der Waals surface area contributed by atoms with Crippen LogP contribution in [0.15, 0.2) is 29.2 Å². The van der Waals surface area contributed by atoms with Gasteiger partial charge in [-0.25, -0.2) is 27.5 Å². The summed E-state index contributed by atoms with van der Waals surface area (Å²) in [5.41, 5.74) is 0.869. The Bertz CT molecular complexity index is 823. The van der Waals surface area contributed by atoms with Gasteiger partial charge in [-0.2, -0.15) is 5.26 Å². The molecule has 21 heavy (non-hydrogen) atoms. The maximum absolute atomic E-state index is 13.2. The fourth-order valence-electron chi connectivity index (χ4n) is 1.71. The SMILES string of the molecule is Cc1cc(C)nc(NS(=O)(=O)c2ccc(F)c(C#N)c2)n1. The molecule has 0 saturated heterocycles. The smallest absolute Gasteiger partial charge is 0.247 e. The molecular formula is C13H11FN4O2S. The van der Waals surface area contributed by atoms with Crippen LogP contribution in [0.1, 0.15) is 17.0 Å². The van der Waals surface area contributed by atoms with Gasteiger partial charge < -0.3 is 0 Å². The fourth-order valence-corrected chi connectivity index (χ4v) is 2.68. The summed E-state index contributed by atoms with van der Waals surface area (Å²) in [5.74, 6) is -0.852. The summed E-state index contributed by atoms with van der Waals surface area (Å²) in [6.07, 6.45) is 0. The molecule has 8 heteroatoms. The Morgan fingerprint density at radius 1 is 1.19 bits per heavy atom. The molecule has 0 bridgehead atoms. The van der Waals surface area contributed by atoms with Crippen LogP contribution < -0.4 is 4.72 Å². The first-order valence-electron chi connectivity index (χ1n) is 5.86. The van der Waals surface area contributed by atoms with Crippen molar-refractivity contribution < 1.29 is 12.8 Å². The standard InChI is InChI=1S/C13H11FN4O2S/c1-8-5-9(2)17-13(16-8)18-21(19,20)11-3-4-12(14)10(6-11)7-15/h3-6H,1-2H3,(H,16,17,18). The monoisotopic (exact) mass is 306 g/mol. The van der Waals surface area contributed by atoms with E-state index in [1.165, 1.54) is 0 Å². The van der Waals surface area contributed by atoms with E-state index in [0.29, 0.717) is 11.4 Å². The zero-order chi connectivity index (χ0) is 15.6. The Labute approximate surface area is 121 Å². The first-order valence-corrected chi connectivity index (χ1v) is 7.35. The number of aromatic nitrogens is 2. The molecule has 1 aromatic carbocycles. The predicted octanol–water partition coefficient (Wildman–Crippen LogP) is 1.91. The number of sulfonamides is 1. The van der Waals surface area contributed by atoms with E-state index >= 15 is 0 Å². The van der Waals surface area contributed by atoms with Crippen LogP contribution in [0.4, 0.5) is 10.3 Å². The molecule has 0 radical (unpaired) electrons. The van der Waals surface area contributed by atoms with Crippen LogP contribution in [0.3, 0.4) is 0 Å². The number of hydrogen-bond acceptors (Lipinski definition) is 5. The van der Waals surface area contributed by atoms with Gasteiger partial charge in [-0.15, -0.1) is 0 Å². The lowest BCUT2D eigenvalue weighted by Gasteiger charge is -2.08. The topological polar surface area (TPSA) is 95.7 Å². The van der Waals surface area contributed by atoms with Gasteiger partial charge in [0, 0.05) is 11.4 Å². The van der Waals surface area contributed by atoms with Gasteiger partial charge in [0.25, 0.3) is 10.0 Å². The van der Waals surface area contributed by atoms with Crippen molar-refractivity contribution >= 4 is 16.0 Å². The summed E-state index contributed by atoms with van der Waals surface area (Å²) in [7, 11) is -3.99. The first kappa shape index (κ1) is 14.9. The van der Waals surface area contributed by atoms with Crippen molar-refractivity contribution in [2.24, 2.45) is 0 Å². The number of halogens is 1. The maximum atomic E-state index is 13.2. The Morgan fingerprint density at radius 2 is 1.81 bits per heavy atom. The minimum Gasteiger partial charge on any atom is -0.247 e. The van der Waals surface area contributed by atoms with E-state index in [2.05, 4.69) is 14.7 Å². The molecule has 1 heterocycles. The molecule has 0 unspecified atom stereocenters. The molecule has 0 amide bonds. The van der Waals surface area contributed by atoms with Gasteiger partial charge in [-0.1, -0.05) is 0 Å². The normalized spacial score (nSPS) is 11.0. The highest BCUT2D eigenvalue weighted by atomic mass is 32.2. The second-order valence-electron chi connectivity index (χ2n) is 4.33. The minimum absolute atomic E-state index is 0.0738. The molecular weight excluding hydrogens is 295 g/mol. The Morgan fingerprint density at radius 3 is 2.38 bits per heavy atom. The number of hydrogen-bond donors (Lipinski definition) is 1. The third kappa shape index (κ3) is 3.32. The Balaban J connectivity index is 2.41. The van der Waals surface area contributed by atoms with Gasteiger partial charge in [0.15, 0.2) is 0 Å². The summed E-state index contributed by atoms with van der Waals surface area (Å²) in [4.78, 5) is 7.70. The largest absolute Gasteiger partial charge is 0.264 e. The molecule has 1 N–H and O–H groups in total. The third-order valence-corrected chi connectivity index (χ3v) is 3.90. The zero-order valence-electron chi connectivity index (χ0n) is 11.3. The summed E-state index contributed by atoms with van der Waals surface area (Å²) < 4.78 is 39.8. The molecule has 0 aliphatic carbocycles. The summed E-state index contributed by atoms with van der Waals surface area (Å²) >= 11 is 0. The van der Waals surface area contributed by atoms with E-state index in [4.69, 9.17) is 5.26 Å². The van der Waals surface area contributed by atoms with Crippen LogP contribution in [-0.4, -0.2) is 18.4 Å². The first-order chi connectivity index (χ1) is 9.81. The number of nitriles is 1. The van der Waals surface area contributed by atoms with Crippen LogP contribution in [0.5, 0.6) is 0 Å². The van der Waals surface area contributed by atoms with E-state index in [1.54, 1.807) is 26.0 Å². The van der Waals surface area contributed by atoms with Gasteiger partial charge >= 0.3 is 0 Å². The molecule has 0 aliphatic rings. The zero-order valence-corrected chi connectivity index (χ0v) is 12.1. The van der Waals surface area contributed by atoms with Crippen molar-refractivity contribution in [2.45, 2.75) is 18.7 Å². The number of anilines is 1. The molecule has 0 aliphatic heterocycles. The van der Waals surface area contributed by atoms with Gasteiger partial charge in [-0.05, 0) is 38.1 Å². The van der Waals surface area contributed by atoms with Crippen LogP contribution >= 0.6 is 0 Å². The number of aryl methyl sites for hydroxylation is 2. The second-order valence-corrected chi connectivity index (χ2v) is 6.02. The van der Waals surface area contributed by atoms with Crippen molar-refractivity contribution in [3.05, 3.63) is 47.0 Å². The average Bonchev–Trinajstić information content (AvgIpc) is 2.37. The molecule has 0 spiro atoms. The molecule has 6 nitrogen and oxygen atoms in total. The number of nitrogens with zero attached hydrogens (tertiary/aromatic N) is 3. The highest BCUT2D eigenvalue weighted by molar-refractivity contribution is 7.92. The van der Waals surface area contributed by atoms with Crippen molar-refractivity contribution in [1.82, 2.24) is 9.97 Å². The number of benzene rings is 1. The van der Waals surface area contributed by atoms with E-state index in [0.717, 1.165) is 18.2 Å². The van der Waals surface area contributed by atoms with Crippen LogP contribution in [0.25, 0.3) is 0 Å². The molecule has 108 valence electrons. The van der Waals surface area contributed by atoms with Crippen LogP contribution in [-0.2, 0) is 10.0 Å². The second kappa shape index (κ2) is 5.46. The summed E-state index contributed by atoms with van der Waals surface area (Å²) in [5, 5.41) is 8.74. The molecule has 2 aromatic rings. The fraction of sp³-hybridized carbons (Fsp3) is 0.154. The number of rotatable bonds is 3. The van der Waals surface area contributed by atoms with Gasteiger partial charge in [0.2, 0.25) is 5.95 Å².